The average Bonchev–Trinajstić information content (AvgIpc) is 2.78. The Balaban J connectivity index is 1.84. The molecular formula is C15H15NOS. The maximum absolute atomic E-state index is 9.72. The van der Waals surface area contributed by atoms with Crippen LogP contribution in [0.15, 0.2) is 47.4 Å². The molecule has 92 valence electrons. The van der Waals surface area contributed by atoms with Gasteiger partial charge in [-0.1, -0.05) is 24.3 Å². The zero-order valence-corrected chi connectivity index (χ0v) is 11.0. The number of phenols is 1. The Morgan fingerprint density at radius 3 is 2.89 bits per heavy atom. The second-order valence-corrected chi connectivity index (χ2v) is 5.61. The van der Waals surface area contributed by atoms with E-state index >= 15 is 0 Å². The highest BCUT2D eigenvalue weighted by Crippen LogP contribution is 2.39. The standard InChI is InChI=1S/C15H15NOS/c1-10-6-7-11(8-14(10)17)16-13-9-18-15-5-3-2-4-12(13)15/h2-8,13,16-17H,9H2,1H3. The monoisotopic (exact) mass is 257 g/mol. The lowest BCUT2D eigenvalue weighted by molar-refractivity contribution is 0.471. The fourth-order valence-corrected chi connectivity index (χ4v) is 3.34. The lowest BCUT2D eigenvalue weighted by Crippen LogP contribution is -2.09. The van der Waals surface area contributed by atoms with Gasteiger partial charge in [0.25, 0.3) is 0 Å². The molecule has 0 fully saturated rings. The van der Waals surface area contributed by atoms with E-state index in [1.54, 1.807) is 6.07 Å². The van der Waals surface area contributed by atoms with Crippen LogP contribution in [-0.2, 0) is 0 Å². The van der Waals surface area contributed by atoms with Crippen LogP contribution in [0.1, 0.15) is 17.2 Å². The Hall–Kier alpha value is -1.61. The Kier molecular flexibility index (Phi) is 2.92. The predicted molar refractivity (Wildman–Crippen MR) is 76.4 cm³/mol. The van der Waals surface area contributed by atoms with Crippen LogP contribution < -0.4 is 5.32 Å². The molecule has 0 amide bonds. The van der Waals surface area contributed by atoms with Gasteiger partial charge in [0.1, 0.15) is 5.75 Å². The molecule has 2 aromatic rings. The first-order chi connectivity index (χ1) is 8.74. The van der Waals surface area contributed by atoms with Crippen LogP contribution in [-0.4, -0.2) is 10.9 Å². The number of hydrogen-bond acceptors (Lipinski definition) is 3. The van der Waals surface area contributed by atoms with Gasteiger partial charge in [-0.15, -0.1) is 11.8 Å². The largest absolute Gasteiger partial charge is 0.508 e. The summed E-state index contributed by atoms with van der Waals surface area (Å²) in [6.45, 7) is 1.90. The molecule has 2 aromatic carbocycles. The third kappa shape index (κ3) is 2.06. The van der Waals surface area contributed by atoms with E-state index in [9.17, 15) is 5.11 Å². The van der Waals surface area contributed by atoms with Crippen LogP contribution >= 0.6 is 11.8 Å². The molecule has 1 heterocycles. The van der Waals surface area contributed by atoms with Crippen molar-refractivity contribution in [2.45, 2.75) is 17.9 Å². The number of rotatable bonds is 2. The van der Waals surface area contributed by atoms with Crippen molar-refractivity contribution in [2.24, 2.45) is 0 Å². The fourth-order valence-electron chi connectivity index (χ4n) is 2.18. The van der Waals surface area contributed by atoms with Gasteiger partial charge in [0.05, 0.1) is 6.04 Å². The number of fused-ring (bicyclic) bond motifs is 1. The minimum Gasteiger partial charge on any atom is -0.508 e. The minimum absolute atomic E-state index is 0.327. The van der Waals surface area contributed by atoms with Crippen LogP contribution in [0.3, 0.4) is 0 Å². The van der Waals surface area contributed by atoms with E-state index in [4.69, 9.17) is 0 Å². The van der Waals surface area contributed by atoms with Gasteiger partial charge in [0, 0.05) is 22.4 Å². The molecule has 0 radical (unpaired) electrons. The SMILES string of the molecule is Cc1ccc(NC2CSc3ccccc32)cc1O. The summed E-state index contributed by atoms with van der Waals surface area (Å²) in [7, 11) is 0. The van der Waals surface area contributed by atoms with Crippen molar-refractivity contribution in [1.82, 2.24) is 0 Å². The van der Waals surface area contributed by atoms with Gasteiger partial charge in [-0.05, 0) is 30.2 Å². The maximum Gasteiger partial charge on any atom is 0.120 e. The van der Waals surface area contributed by atoms with Crippen LogP contribution in [0.4, 0.5) is 5.69 Å². The van der Waals surface area contributed by atoms with E-state index in [0.717, 1.165) is 17.0 Å². The second-order valence-electron chi connectivity index (χ2n) is 4.55. The molecule has 1 aliphatic heterocycles. The molecule has 0 saturated carbocycles. The summed E-state index contributed by atoms with van der Waals surface area (Å²) < 4.78 is 0. The predicted octanol–water partition coefficient (Wildman–Crippen LogP) is 3.96. The molecule has 0 aliphatic carbocycles. The Bertz CT molecular complexity index is 582. The molecule has 0 bridgehead atoms. The van der Waals surface area contributed by atoms with Crippen LogP contribution in [0.2, 0.25) is 0 Å². The van der Waals surface area contributed by atoms with Crippen LogP contribution in [0, 0.1) is 6.92 Å². The van der Waals surface area contributed by atoms with E-state index < -0.39 is 0 Å². The molecule has 18 heavy (non-hydrogen) atoms. The molecule has 0 aromatic heterocycles. The number of phenolic OH excluding ortho intramolecular Hbond substituents is 1. The number of hydrogen-bond donors (Lipinski definition) is 2. The lowest BCUT2D eigenvalue weighted by Gasteiger charge is -2.15. The molecule has 0 saturated heterocycles. The van der Waals surface area contributed by atoms with Crippen molar-refractivity contribution in [3.8, 4) is 5.75 Å². The normalized spacial score (nSPS) is 17.5. The van der Waals surface area contributed by atoms with Gasteiger partial charge in [-0.3, -0.25) is 0 Å². The van der Waals surface area contributed by atoms with E-state index in [1.807, 2.05) is 30.8 Å². The average molecular weight is 257 g/mol. The fraction of sp³-hybridized carbons (Fsp3) is 0.200. The summed E-state index contributed by atoms with van der Waals surface area (Å²) in [5, 5.41) is 13.2. The van der Waals surface area contributed by atoms with E-state index in [2.05, 4.69) is 29.6 Å². The number of anilines is 1. The van der Waals surface area contributed by atoms with Crippen LogP contribution in [0.5, 0.6) is 5.75 Å². The van der Waals surface area contributed by atoms with E-state index in [1.165, 1.54) is 10.5 Å². The van der Waals surface area contributed by atoms with E-state index in [-0.39, 0.29) is 0 Å². The first-order valence-electron chi connectivity index (χ1n) is 6.02. The molecule has 3 rings (SSSR count). The Labute approximate surface area is 111 Å². The minimum atomic E-state index is 0.327. The van der Waals surface area contributed by atoms with Crippen molar-refractivity contribution in [3.05, 3.63) is 53.6 Å². The van der Waals surface area contributed by atoms with Gasteiger partial charge < -0.3 is 10.4 Å². The molecular weight excluding hydrogens is 242 g/mol. The molecule has 2 nitrogen and oxygen atoms in total. The summed E-state index contributed by atoms with van der Waals surface area (Å²) in [4.78, 5) is 1.35. The van der Waals surface area contributed by atoms with Gasteiger partial charge in [-0.25, -0.2) is 0 Å². The zero-order chi connectivity index (χ0) is 12.5. The highest BCUT2D eigenvalue weighted by Gasteiger charge is 2.22. The number of aryl methyl sites for hydroxylation is 1. The van der Waals surface area contributed by atoms with Crippen molar-refractivity contribution < 1.29 is 5.11 Å². The topological polar surface area (TPSA) is 32.3 Å². The smallest absolute Gasteiger partial charge is 0.120 e. The Morgan fingerprint density at radius 1 is 1.22 bits per heavy atom. The van der Waals surface area contributed by atoms with Gasteiger partial charge in [0.15, 0.2) is 0 Å². The summed E-state index contributed by atoms with van der Waals surface area (Å²) in [5.74, 6) is 1.38. The van der Waals surface area contributed by atoms with Crippen LogP contribution in [0.25, 0.3) is 0 Å². The summed E-state index contributed by atoms with van der Waals surface area (Å²) in [6.07, 6.45) is 0. The van der Waals surface area contributed by atoms with Crippen molar-refractivity contribution in [1.29, 1.82) is 0 Å². The zero-order valence-electron chi connectivity index (χ0n) is 10.2. The van der Waals surface area contributed by atoms with Gasteiger partial charge in [0.2, 0.25) is 0 Å². The molecule has 3 heteroatoms. The second kappa shape index (κ2) is 4.58. The first-order valence-corrected chi connectivity index (χ1v) is 7.00. The molecule has 0 spiro atoms. The number of nitrogens with one attached hydrogen (secondary N) is 1. The van der Waals surface area contributed by atoms with Crippen molar-refractivity contribution >= 4 is 17.4 Å². The summed E-state index contributed by atoms with van der Waals surface area (Å²) in [5.41, 5.74) is 3.23. The van der Waals surface area contributed by atoms with E-state index in [0.29, 0.717) is 11.8 Å². The van der Waals surface area contributed by atoms with Gasteiger partial charge in [-0.2, -0.15) is 0 Å². The molecule has 1 atom stereocenters. The first kappa shape index (κ1) is 11.5. The summed E-state index contributed by atoms with van der Waals surface area (Å²) >= 11 is 1.88. The molecule has 1 aliphatic rings. The highest BCUT2D eigenvalue weighted by atomic mass is 32.2. The summed E-state index contributed by atoms with van der Waals surface area (Å²) in [6, 6.07) is 14.5. The molecule has 2 N–H and O–H groups in total. The number of aromatic hydroxyl groups is 1. The number of benzene rings is 2. The third-order valence-electron chi connectivity index (χ3n) is 3.25. The van der Waals surface area contributed by atoms with Crippen molar-refractivity contribution in [3.63, 3.8) is 0 Å². The highest BCUT2D eigenvalue weighted by molar-refractivity contribution is 7.99. The quantitative estimate of drug-likeness (QED) is 0.854. The molecule has 1 unspecified atom stereocenters. The van der Waals surface area contributed by atoms with Gasteiger partial charge >= 0.3 is 0 Å². The van der Waals surface area contributed by atoms with Crippen molar-refractivity contribution in [2.75, 3.05) is 11.1 Å². The Morgan fingerprint density at radius 2 is 2.06 bits per heavy atom. The lowest BCUT2D eigenvalue weighted by atomic mass is 10.1. The number of thioether (sulfide) groups is 1. The maximum atomic E-state index is 9.72. The third-order valence-corrected chi connectivity index (χ3v) is 4.43.